The molecule has 4 atom stereocenters. The summed E-state index contributed by atoms with van der Waals surface area (Å²) in [5.74, 6) is 0.686. The molecule has 2 fully saturated rings. The van der Waals surface area contributed by atoms with Crippen molar-refractivity contribution in [3.63, 3.8) is 0 Å². The third-order valence-electron chi connectivity index (χ3n) is 8.12. The molecule has 1 aromatic heterocycles. The van der Waals surface area contributed by atoms with Gasteiger partial charge < -0.3 is 34.5 Å². The fraction of sp³-hybridized carbons (Fsp3) is 0.567. The summed E-state index contributed by atoms with van der Waals surface area (Å²) in [6, 6.07) is 7.02. The highest BCUT2D eigenvalue weighted by Crippen LogP contribution is 2.37. The highest BCUT2D eigenvalue weighted by Gasteiger charge is 2.42. The zero-order valence-electron chi connectivity index (χ0n) is 24.1. The van der Waals surface area contributed by atoms with E-state index in [4.69, 9.17) is 19.2 Å². The van der Waals surface area contributed by atoms with Crippen molar-refractivity contribution >= 4 is 17.6 Å². The Morgan fingerprint density at radius 2 is 1.95 bits per heavy atom. The number of aliphatic hydroxyl groups excluding tert-OH is 1. The highest BCUT2D eigenvalue weighted by atomic mass is 16.5. The highest BCUT2D eigenvalue weighted by molar-refractivity contribution is 5.86. The molecule has 10 nitrogen and oxygen atoms in total. The van der Waals surface area contributed by atoms with E-state index in [1.165, 1.54) is 7.11 Å². The molecule has 4 rings (SSSR count). The maximum atomic E-state index is 14.0. The Balaban J connectivity index is 1.62. The predicted octanol–water partition coefficient (Wildman–Crippen LogP) is 4.07. The molecule has 2 aliphatic rings. The summed E-state index contributed by atoms with van der Waals surface area (Å²) in [5.41, 5.74) is 4.27. The van der Waals surface area contributed by atoms with Crippen LogP contribution in [0.25, 0.3) is 16.8 Å². The van der Waals surface area contributed by atoms with E-state index in [9.17, 15) is 14.7 Å². The van der Waals surface area contributed by atoms with Gasteiger partial charge in [-0.3, -0.25) is 4.79 Å². The monoisotopic (exact) mass is 554 g/mol. The lowest BCUT2D eigenvalue weighted by molar-refractivity contribution is -0.137. The number of hydrogen-bond donors (Lipinski definition) is 3. The number of alkyl carbamates (subject to hydrolysis) is 1. The van der Waals surface area contributed by atoms with E-state index < -0.39 is 12.1 Å². The number of nitrogens with one attached hydrogen (secondary N) is 2. The molecular formula is C30H42N4O6. The Bertz CT molecular complexity index is 1190. The molecule has 4 unspecified atom stereocenters. The van der Waals surface area contributed by atoms with E-state index in [2.05, 4.69) is 17.2 Å². The first-order valence-corrected chi connectivity index (χ1v) is 14.0. The SMILES string of the molecule is CC=C(c1ccc(-c2nc(C3CC(C)CN3C(=O)C(NC(=O)OC)C3CCOCC3)[nH]c2CO)cc1)C(C)OC. The van der Waals surface area contributed by atoms with Gasteiger partial charge in [0, 0.05) is 32.4 Å². The number of carbonyl (C=O) groups excluding carboxylic acids is 2. The van der Waals surface area contributed by atoms with Gasteiger partial charge >= 0.3 is 6.09 Å². The van der Waals surface area contributed by atoms with Crippen LogP contribution in [0.5, 0.6) is 0 Å². The molecule has 3 heterocycles. The molecule has 2 amide bonds. The fourth-order valence-electron chi connectivity index (χ4n) is 5.87. The third-order valence-corrected chi connectivity index (χ3v) is 8.12. The molecule has 2 aliphatic heterocycles. The molecule has 3 N–H and O–H groups in total. The number of amides is 2. The molecule has 0 aliphatic carbocycles. The fourth-order valence-corrected chi connectivity index (χ4v) is 5.87. The zero-order valence-corrected chi connectivity index (χ0v) is 24.1. The van der Waals surface area contributed by atoms with Crippen molar-refractivity contribution in [2.24, 2.45) is 11.8 Å². The number of ether oxygens (including phenoxy) is 3. The van der Waals surface area contributed by atoms with Crippen LogP contribution in [0.4, 0.5) is 4.79 Å². The average Bonchev–Trinajstić information content (AvgIpc) is 3.60. The van der Waals surface area contributed by atoms with Crippen molar-refractivity contribution in [2.75, 3.05) is 34.0 Å². The van der Waals surface area contributed by atoms with E-state index in [0.29, 0.717) is 49.8 Å². The number of aliphatic hydroxyl groups is 1. The summed E-state index contributed by atoms with van der Waals surface area (Å²) in [6.45, 7) is 7.55. The van der Waals surface area contributed by atoms with E-state index in [0.717, 1.165) is 23.1 Å². The van der Waals surface area contributed by atoms with Crippen molar-refractivity contribution in [1.29, 1.82) is 0 Å². The van der Waals surface area contributed by atoms with Crippen molar-refractivity contribution in [1.82, 2.24) is 20.2 Å². The van der Waals surface area contributed by atoms with Gasteiger partial charge in [-0.1, -0.05) is 37.3 Å². The third kappa shape index (κ3) is 6.40. The number of imidazole rings is 1. The van der Waals surface area contributed by atoms with Crippen LogP contribution in [0.3, 0.4) is 0 Å². The molecule has 40 heavy (non-hydrogen) atoms. The Kier molecular flexibility index (Phi) is 9.99. The van der Waals surface area contributed by atoms with Gasteiger partial charge in [-0.15, -0.1) is 0 Å². The molecule has 0 bridgehead atoms. The lowest BCUT2D eigenvalue weighted by Crippen LogP contribution is -2.53. The number of H-pyrrole nitrogens is 1. The van der Waals surface area contributed by atoms with Crippen LogP contribution < -0.4 is 5.32 Å². The first-order valence-electron chi connectivity index (χ1n) is 14.0. The topological polar surface area (TPSA) is 126 Å². The summed E-state index contributed by atoms with van der Waals surface area (Å²) in [4.78, 5) is 36.2. The van der Waals surface area contributed by atoms with Crippen molar-refractivity contribution in [2.45, 2.75) is 64.8 Å². The maximum absolute atomic E-state index is 14.0. The van der Waals surface area contributed by atoms with Gasteiger partial charge in [-0.25, -0.2) is 9.78 Å². The molecule has 218 valence electrons. The largest absolute Gasteiger partial charge is 0.453 e. The second-order valence-corrected chi connectivity index (χ2v) is 10.7. The van der Waals surface area contributed by atoms with Crippen LogP contribution in [0.1, 0.15) is 63.2 Å². The average molecular weight is 555 g/mol. The number of carbonyl (C=O) groups is 2. The van der Waals surface area contributed by atoms with Gasteiger partial charge in [0.15, 0.2) is 0 Å². The second kappa shape index (κ2) is 13.4. The Morgan fingerprint density at radius 1 is 1.25 bits per heavy atom. The number of allylic oxidation sites excluding steroid dienone is 1. The minimum atomic E-state index is -0.709. The molecule has 2 saturated heterocycles. The normalized spacial score (nSPS) is 21.8. The van der Waals surface area contributed by atoms with Crippen LogP contribution in [0.2, 0.25) is 0 Å². The number of hydrogen-bond acceptors (Lipinski definition) is 7. The number of nitrogens with zero attached hydrogens (tertiary/aromatic N) is 2. The number of aromatic amines is 1. The first kappa shape index (κ1) is 29.8. The van der Waals surface area contributed by atoms with Gasteiger partial charge in [0.2, 0.25) is 5.91 Å². The van der Waals surface area contributed by atoms with E-state index in [-0.39, 0.29) is 36.5 Å². The number of rotatable bonds is 9. The molecule has 1 aromatic carbocycles. The summed E-state index contributed by atoms with van der Waals surface area (Å²) in [6.07, 6.45) is 3.48. The lowest BCUT2D eigenvalue weighted by atomic mass is 9.90. The van der Waals surface area contributed by atoms with Gasteiger partial charge in [0.05, 0.1) is 37.3 Å². The summed E-state index contributed by atoms with van der Waals surface area (Å²) < 4.78 is 15.8. The minimum absolute atomic E-state index is 0.0349. The predicted molar refractivity (Wildman–Crippen MR) is 151 cm³/mol. The van der Waals surface area contributed by atoms with Crippen molar-refractivity contribution in [3.05, 3.63) is 47.4 Å². The summed E-state index contributed by atoms with van der Waals surface area (Å²) in [7, 11) is 2.99. The molecule has 10 heteroatoms. The van der Waals surface area contributed by atoms with Crippen LogP contribution in [0.15, 0.2) is 30.3 Å². The number of likely N-dealkylation sites (tertiary alicyclic amines) is 1. The van der Waals surface area contributed by atoms with E-state index >= 15 is 0 Å². The standard InChI is InChI=1S/C30H42N4O6/c1-6-23(19(3)38-4)20-7-9-21(10-8-20)26-24(17-35)31-28(32-26)25-15-18(2)16-34(25)29(36)27(33-30(37)39-5)22-11-13-40-14-12-22/h6-10,18-19,22,25,27,35H,11-17H2,1-5H3,(H,31,32)(H,33,37). The molecule has 0 saturated carbocycles. The van der Waals surface area contributed by atoms with Crippen LogP contribution in [-0.4, -0.2) is 78.1 Å². The van der Waals surface area contributed by atoms with Crippen LogP contribution >= 0.6 is 0 Å². The molecule has 2 aromatic rings. The van der Waals surface area contributed by atoms with Gasteiger partial charge in [-0.05, 0) is 56.1 Å². The number of methoxy groups -OCH3 is 2. The zero-order chi connectivity index (χ0) is 28.8. The van der Waals surface area contributed by atoms with E-state index in [1.54, 1.807) is 7.11 Å². The number of benzene rings is 1. The Labute approximate surface area is 236 Å². The minimum Gasteiger partial charge on any atom is -0.453 e. The van der Waals surface area contributed by atoms with Gasteiger partial charge in [0.1, 0.15) is 11.9 Å². The summed E-state index contributed by atoms with van der Waals surface area (Å²) >= 11 is 0. The molecule has 0 spiro atoms. The summed E-state index contributed by atoms with van der Waals surface area (Å²) in [5, 5.41) is 13.0. The smallest absolute Gasteiger partial charge is 0.407 e. The first-order chi connectivity index (χ1) is 19.3. The Hall–Kier alpha value is -3.21. The van der Waals surface area contributed by atoms with Crippen LogP contribution in [-0.2, 0) is 25.6 Å². The van der Waals surface area contributed by atoms with Gasteiger partial charge in [-0.2, -0.15) is 0 Å². The lowest BCUT2D eigenvalue weighted by Gasteiger charge is -2.34. The molecular weight excluding hydrogens is 512 g/mol. The van der Waals surface area contributed by atoms with Crippen LogP contribution in [0, 0.1) is 11.8 Å². The van der Waals surface area contributed by atoms with Crippen molar-refractivity contribution in [3.8, 4) is 11.3 Å². The number of aromatic nitrogens is 2. The maximum Gasteiger partial charge on any atom is 0.407 e. The molecule has 0 radical (unpaired) electrons. The van der Waals surface area contributed by atoms with E-state index in [1.807, 2.05) is 49.1 Å². The second-order valence-electron chi connectivity index (χ2n) is 10.7. The van der Waals surface area contributed by atoms with Gasteiger partial charge in [0.25, 0.3) is 0 Å². The quantitative estimate of drug-likeness (QED) is 0.427. The van der Waals surface area contributed by atoms with Crippen molar-refractivity contribution < 1.29 is 28.9 Å². The Morgan fingerprint density at radius 3 is 2.55 bits per heavy atom.